The normalized spacial score (nSPS) is 22.3. The molecule has 2 N–H and O–H groups in total. The van der Waals surface area contributed by atoms with E-state index in [0.29, 0.717) is 0 Å². The fourth-order valence-corrected chi connectivity index (χ4v) is 3.21. The summed E-state index contributed by atoms with van der Waals surface area (Å²) in [5, 5.41) is 8.24. The molecular weight excluding hydrogens is 308 g/mol. The fraction of sp³-hybridized carbons (Fsp3) is 0.238. The molecule has 1 aliphatic carbocycles. The standard InChI is InChI=1S/C21H24N4/c1-16-10-4-6-12-18(16)21(3)15-9-8-14-20(21)23-25-24-22-19-13-7-5-11-17(19)2/h4-15,20H,1-3H3,(H,22,25)(H,23,24). The number of benzene rings is 2. The first kappa shape index (κ1) is 17.0. The number of rotatable bonds is 5. The summed E-state index contributed by atoms with van der Waals surface area (Å²) < 4.78 is 0. The molecule has 0 heterocycles. The SMILES string of the molecule is Cc1ccccc1NN=NNC1C=CC=CC1(C)c1ccccc1C. The first-order valence-electron chi connectivity index (χ1n) is 8.50. The molecule has 2 aromatic rings. The Morgan fingerprint density at radius 1 is 0.880 bits per heavy atom. The van der Waals surface area contributed by atoms with Crippen molar-refractivity contribution < 1.29 is 0 Å². The van der Waals surface area contributed by atoms with Crippen LogP contribution in [-0.4, -0.2) is 6.04 Å². The summed E-state index contributed by atoms with van der Waals surface area (Å²) in [7, 11) is 0. The van der Waals surface area contributed by atoms with Gasteiger partial charge in [-0.15, -0.1) is 0 Å². The lowest BCUT2D eigenvalue weighted by atomic mass is 9.72. The van der Waals surface area contributed by atoms with E-state index in [1.807, 2.05) is 37.3 Å². The van der Waals surface area contributed by atoms with E-state index in [1.54, 1.807) is 0 Å². The molecule has 2 unspecified atom stereocenters. The second-order valence-corrected chi connectivity index (χ2v) is 6.58. The van der Waals surface area contributed by atoms with Gasteiger partial charge in [0.2, 0.25) is 0 Å². The summed E-state index contributed by atoms with van der Waals surface area (Å²) in [5.41, 5.74) is 10.6. The van der Waals surface area contributed by atoms with Gasteiger partial charge in [-0.2, -0.15) is 0 Å². The van der Waals surface area contributed by atoms with Crippen LogP contribution in [0.3, 0.4) is 0 Å². The average molecular weight is 332 g/mol. The molecule has 2 aromatic carbocycles. The Morgan fingerprint density at radius 3 is 2.36 bits per heavy atom. The van der Waals surface area contributed by atoms with Gasteiger partial charge in [0.05, 0.1) is 11.7 Å². The van der Waals surface area contributed by atoms with Crippen LogP contribution in [0.15, 0.2) is 83.3 Å². The van der Waals surface area contributed by atoms with Gasteiger partial charge in [0.25, 0.3) is 0 Å². The lowest BCUT2D eigenvalue weighted by Crippen LogP contribution is -2.43. The molecule has 4 nitrogen and oxygen atoms in total. The smallest absolute Gasteiger partial charge is 0.0769 e. The third-order valence-electron chi connectivity index (χ3n) is 4.79. The van der Waals surface area contributed by atoms with E-state index < -0.39 is 0 Å². The van der Waals surface area contributed by atoms with Crippen LogP contribution < -0.4 is 10.9 Å². The number of aryl methyl sites for hydroxylation is 2. The molecule has 0 saturated heterocycles. The van der Waals surface area contributed by atoms with Crippen LogP contribution in [0.2, 0.25) is 0 Å². The van der Waals surface area contributed by atoms with E-state index in [0.717, 1.165) is 11.3 Å². The Labute approximate surface area is 149 Å². The summed E-state index contributed by atoms with van der Waals surface area (Å²) in [6.07, 6.45) is 8.48. The van der Waals surface area contributed by atoms with Crippen molar-refractivity contribution in [1.29, 1.82) is 0 Å². The minimum atomic E-state index is -0.179. The molecule has 0 amide bonds. The van der Waals surface area contributed by atoms with Crippen LogP contribution in [0.25, 0.3) is 0 Å². The number of anilines is 1. The zero-order chi connectivity index (χ0) is 17.7. The maximum atomic E-state index is 4.16. The molecule has 3 rings (SSSR count). The van der Waals surface area contributed by atoms with Crippen LogP contribution in [0.5, 0.6) is 0 Å². The molecule has 0 radical (unpaired) electrons. The van der Waals surface area contributed by atoms with Crippen LogP contribution in [0.1, 0.15) is 23.6 Å². The van der Waals surface area contributed by atoms with Crippen LogP contribution in [0, 0.1) is 13.8 Å². The molecule has 25 heavy (non-hydrogen) atoms. The third-order valence-corrected chi connectivity index (χ3v) is 4.79. The maximum absolute atomic E-state index is 4.16. The highest BCUT2D eigenvalue weighted by Crippen LogP contribution is 2.34. The minimum Gasteiger partial charge on any atom is -0.282 e. The molecule has 0 bridgehead atoms. The maximum Gasteiger partial charge on any atom is 0.0769 e. The summed E-state index contributed by atoms with van der Waals surface area (Å²) >= 11 is 0. The molecule has 0 aromatic heterocycles. The van der Waals surface area contributed by atoms with Gasteiger partial charge in [-0.3, -0.25) is 10.9 Å². The first-order chi connectivity index (χ1) is 12.1. The number of allylic oxidation sites excluding steroid dienone is 2. The van der Waals surface area contributed by atoms with Crippen LogP contribution >= 0.6 is 0 Å². The van der Waals surface area contributed by atoms with Crippen molar-refractivity contribution in [2.45, 2.75) is 32.2 Å². The molecule has 4 heteroatoms. The molecule has 0 saturated carbocycles. The summed E-state index contributed by atoms with van der Waals surface area (Å²) in [5.74, 6) is 0. The van der Waals surface area contributed by atoms with Crippen LogP contribution in [-0.2, 0) is 5.41 Å². The topological polar surface area (TPSA) is 48.8 Å². The number of para-hydroxylation sites is 1. The fourth-order valence-electron chi connectivity index (χ4n) is 3.21. The van der Waals surface area contributed by atoms with Gasteiger partial charge in [-0.1, -0.05) is 77.2 Å². The second kappa shape index (κ2) is 7.34. The number of nitrogens with one attached hydrogen (secondary N) is 2. The van der Waals surface area contributed by atoms with Crippen molar-refractivity contribution in [2.75, 3.05) is 5.43 Å². The zero-order valence-corrected chi connectivity index (χ0v) is 14.9. The quantitative estimate of drug-likeness (QED) is 0.595. The Bertz CT molecular complexity index is 822. The molecule has 0 aliphatic heterocycles. The molecule has 2 atom stereocenters. The summed E-state index contributed by atoms with van der Waals surface area (Å²) in [6.45, 7) is 6.40. The summed E-state index contributed by atoms with van der Waals surface area (Å²) in [6, 6.07) is 16.5. The zero-order valence-electron chi connectivity index (χ0n) is 14.9. The predicted octanol–water partition coefficient (Wildman–Crippen LogP) is 5.04. The van der Waals surface area contributed by atoms with Crippen LogP contribution in [0.4, 0.5) is 5.69 Å². The third kappa shape index (κ3) is 3.63. The van der Waals surface area contributed by atoms with E-state index >= 15 is 0 Å². The van der Waals surface area contributed by atoms with E-state index in [2.05, 4.69) is 77.6 Å². The van der Waals surface area contributed by atoms with Crippen molar-refractivity contribution in [3.8, 4) is 0 Å². The predicted molar refractivity (Wildman–Crippen MR) is 103 cm³/mol. The molecule has 0 fully saturated rings. The highest BCUT2D eigenvalue weighted by atomic mass is 15.5. The Kier molecular flexibility index (Phi) is 4.98. The second-order valence-electron chi connectivity index (χ2n) is 6.58. The minimum absolute atomic E-state index is 0.0287. The van der Waals surface area contributed by atoms with Crippen molar-refractivity contribution in [1.82, 2.24) is 5.43 Å². The number of hydrogen-bond acceptors (Lipinski definition) is 2. The van der Waals surface area contributed by atoms with Gasteiger partial charge in [-0.05, 0) is 43.5 Å². The van der Waals surface area contributed by atoms with Crippen molar-refractivity contribution in [2.24, 2.45) is 10.4 Å². The van der Waals surface area contributed by atoms with Gasteiger partial charge in [0.15, 0.2) is 0 Å². The van der Waals surface area contributed by atoms with Crippen molar-refractivity contribution in [3.63, 3.8) is 0 Å². The van der Waals surface area contributed by atoms with Gasteiger partial charge >= 0.3 is 0 Å². The van der Waals surface area contributed by atoms with E-state index in [-0.39, 0.29) is 11.5 Å². The van der Waals surface area contributed by atoms with Gasteiger partial charge < -0.3 is 0 Å². The highest BCUT2D eigenvalue weighted by molar-refractivity contribution is 5.49. The van der Waals surface area contributed by atoms with Crippen molar-refractivity contribution in [3.05, 3.63) is 89.5 Å². The van der Waals surface area contributed by atoms with Crippen molar-refractivity contribution >= 4 is 5.69 Å². The average Bonchev–Trinajstić information content (AvgIpc) is 2.62. The Balaban J connectivity index is 1.73. The van der Waals surface area contributed by atoms with E-state index in [4.69, 9.17) is 0 Å². The first-order valence-corrected chi connectivity index (χ1v) is 8.50. The largest absolute Gasteiger partial charge is 0.282 e. The summed E-state index contributed by atoms with van der Waals surface area (Å²) in [4.78, 5) is 0. The Morgan fingerprint density at radius 2 is 1.60 bits per heavy atom. The number of hydrogen-bond donors (Lipinski definition) is 2. The monoisotopic (exact) mass is 332 g/mol. The lowest BCUT2D eigenvalue weighted by molar-refractivity contribution is 0.428. The lowest BCUT2D eigenvalue weighted by Gasteiger charge is -2.36. The molecule has 0 spiro atoms. The Hall–Kier alpha value is -2.88. The molecule has 128 valence electrons. The van der Waals surface area contributed by atoms with Gasteiger partial charge in [0, 0.05) is 5.41 Å². The van der Waals surface area contributed by atoms with Gasteiger partial charge in [-0.25, -0.2) is 0 Å². The van der Waals surface area contributed by atoms with E-state index in [1.165, 1.54) is 11.1 Å². The van der Waals surface area contributed by atoms with E-state index in [9.17, 15) is 0 Å². The van der Waals surface area contributed by atoms with Gasteiger partial charge in [0.1, 0.15) is 0 Å². The molecule has 1 aliphatic rings. The number of nitrogens with zero attached hydrogens (tertiary/aromatic N) is 2. The molecular formula is C21H24N4. The highest BCUT2D eigenvalue weighted by Gasteiger charge is 2.34.